The Hall–Kier alpha value is -2.65. The van der Waals surface area contributed by atoms with Crippen LogP contribution in [0.15, 0.2) is 102 Å². The van der Waals surface area contributed by atoms with Gasteiger partial charge in [0.15, 0.2) is 0 Å². The van der Waals surface area contributed by atoms with Gasteiger partial charge in [0.05, 0.1) is 0 Å². The molecule has 0 radical (unpaired) electrons. The van der Waals surface area contributed by atoms with E-state index in [0.717, 1.165) is 20.1 Å². The van der Waals surface area contributed by atoms with E-state index in [-0.39, 0.29) is 26.9 Å². The van der Waals surface area contributed by atoms with E-state index in [4.69, 9.17) is 0 Å². The Morgan fingerprint density at radius 3 is 2.07 bits per heavy atom. The van der Waals surface area contributed by atoms with Gasteiger partial charge in [0.2, 0.25) is 0 Å². The van der Waals surface area contributed by atoms with Crippen LogP contribution >= 0.6 is 0 Å². The quantitative estimate of drug-likeness (QED) is 0.606. The maximum absolute atomic E-state index is 13.2. The molecule has 1 aliphatic heterocycles. The first kappa shape index (κ1) is 18.7. The van der Waals surface area contributed by atoms with Crippen molar-refractivity contribution in [2.24, 2.45) is 0 Å². The summed E-state index contributed by atoms with van der Waals surface area (Å²) < 4.78 is 1.96. The zero-order valence-electron chi connectivity index (χ0n) is 15.3. The molecule has 0 saturated heterocycles. The van der Waals surface area contributed by atoms with Crippen molar-refractivity contribution < 1.29 is 9.90 Å². The maximum atomic E-state index is 13.2. The number of benzene rings is 3. The molecule has 28 heavy (non-hydrogen) atoms. The van der Waals surface area contributed by atoms with E-state index in [1.807, 2.05) is 84.9 Å². The van der Waals surface area contributed by atoms with Crippen LogP contribution in [0.25, 0.3) is 0 Å². The Bertz CT molecular complexity index is 958. The summed E-state index contributed by atoms with van der Waals surface area (Å²) in [4.78, 5) is 15.0. The third-order valence-corrected chi connectivity index (χ3v) is 6.96. The van der Waals surface area contributed by atoms with Crippen molar-refractivity contribution in [1.82, 2.24) is 4.90 Å². The molecular formula is C24H21NO2Se. The second-order valence-corrected chi connectivity index (χ2v) is 9.05. The number of rotatable bonds is 6. The van der Waals surface area contributed by atoms with Gasteiger partial charge in [-0.1, -0.05) is 0 Å². The Balaban J connectivity index is 1.64. The summed E-state index contributed by atoms with van der Waals surface area (Å²) in [7, 11) is 0. The van der Waals surface area contributed by atoms with Crippen LogP contribution in [-0.2, 0) is 11.3 Å². The molecule has 4 heteroatoms. The van der Waals surface area contributed by atoms with E-state index < -0.39 is 6.10 Å². The number of amides is 1. The van der Waals surface area contributed by atoms with Gasteiger partial charge < -0.3 is 0 Å². The Morgan fingerprint density at radius 2 is 1.43 bits per heavy atom. The molecular weight excluding hydrogens is 413 g/mol. The van der Waals surface area contributed by atoms with E-state index in [2.05, 4.69) is 12.1 Å². The molecule has 140 valence electrons. The number of carbonyl (C=O) groups excluding carboxylic acids is 1. The Morgan fingerprint density at radius 1 is 0.857 bits per heavy atom. The third kappa shape index (κ3) is 4.10. The molecule has 3 aromatic carbocycles. The van der Waals surface area contributed by atoms with Crippen molar-refractivity contribution in [1.29, 1.82) is 0 Å². The number of aliphatic hydroxyl groups excluding tert-OH is 1. The van der Waals surface area contributed by atoms with E-state index in [9.17, 15) is 9.90 Å². The summed E-state index contributed by atoms with van der Waals surface area (Å²) >= 11 is -0.0849. The predicted octanol–water partition coefficient (Wildman–Crippen LogP) is 3.04. The fraction of sp³-hybridized carbons (Fsp3) is 0.125. The molecule has 1 N–H and O–H groups in total. The van der Waals surface area contributed by atoms with E-state index >= 15 is 0 Å². The van der Waals surface area contributed by atoms with E-state index in [1.165, 1.54) is 0 Å². The summed E-state index contributed by atoms with van der Waals surface area (Å²) in [6, 6.07) is 29.2. The normalized spacial score (nSPS) is 17.5. The van der Waals surface area contributed by atoms with Crippen molar-refractivity contribution in [3.63, 3.8) is 0 Å². The molecule has 1 heterocycles. The summed E-state index contributed by atoms with van der Waals surface area (Å²) in [6.45, 7) is 0.485. The number of hydrogen-bond acceptors (Lipinski definition) is 2. The van der Waals surface area contributed by atoms with Crippen LogP contribution in [0.5, 0.6) is 0 Å². The molecule has 3 nitrogen and oxygen atoms in total. The van der Waals surface area contributed by atoms with Crippen molar-refractivity contribution in [2.75, 3.05) is 0 Å². The fourth-order valence-corrected chi connectivity index (χ4v) is 5.37. The summed E-state index contributed by atoms with van der Waals surface area (Å²) in [5, 5.41) is 11.0. The number of nitrogens with zero attached hydrogens (tertiary/aromatic N) is 1. The van der Waals surface area contributed by atoms with Gasteiger partial charge in [0.25, 0.3) is 0 Å². The second-order valence-electron chi connectivity index (χ2n) is 6.71. The molecule has 0 aliphatic carbocycles. The number of aliphatic hydroxyl groups is 1. The third-order valence-electron chi connectivity index (χ3n) is 4.79. The van der Waals surface area contributed by atoms with Gasteiger partial charge >= 0.3 is 171 Å². The Kier molecular flexibility index (Phi) is 5.73. The van der Waals surface area contributed by atoms with Gasteiger partial charge in [-0.05, 0) is 0 Å². The molecule has 0 aromatic heterocycles. The first-order chi connectivity index (χ1) is 13.7. The van der Waals surface area contributed by atoms with Gasteiger partial charge in [0.1, 0.15) is 0 Å². The molecule has 3 aromatic rings. The van der Waals surface area contributed by atoms with Gasteiger partial charge in [0, 0.05) is 0 Å². The van der Waals surface area contributed by atoms with Gasteiger partial charge in [-0.15, -0.1) is 0 Å². The predicted molar refractivity (Wildman–Crippen MR) is 112 cm³/mol. The van der Waals surface area contributed by atoms with Crippen molar-refractivity contribution in [3.05, 3.63) is 113 Å². The zero-order chi connectivity index (χ0) is 19.3. The summed E-state index contributed by atoms with van der Waals surface area (Å²) in [5.41, 5.74) is 1.88. The summed E-state index contributed by atoms with van der Waals surface area (Å²) in [6.07, 6.45) is 1.22. The van der Waals surface area contributed by atoms with Crippen molar-refractivity contribution >= 4 is 25.3 Å². The van der Waals surface area contributed by atoms with Crippen LogP contribution in [0.4, 0.5) is 0 Å². The van der Waals surface area contributed by atoms with Gasteiger partial charge in [-0.25, -0.2) is 0 Å². The van der Waals surface area contributed by atoms with Gasteiger partial charge in [-0.3, -0.25) is 0 Å². The van der Waals surface area contributed by atoms with Crippen LogP contribution in [0.3, 0.4) is 0 Å². The summed E-state index contributed by atoms with van der Waals surface area (Å²) in [5.74, 6) is 0.0210. The molecule has 0 unspecified atom stereocenters. The van der Waals surface area contributed by atoms with Crippen molar-refractivity contribution in [2.45, 2.75) is 18.7 Å². The zero-order valence-corrected chi connectivity index (χ0v) is 17.0. The van der Waals surface area contributed by atoms with Crippen LogP contribution in [0.1, 0.15) is 17.2 Å². The van der Waals surface area contributed by atoms with Crippen LogP contribution in [0, 0.1) is 0 Å². The molecule has 1 amide bonds. The monoisotopic (exact) mass is 435 g/mol. The van der Waals surface area contributed by atoms with Gasteiger partial charge in [-0.2, -0.15) is 0 Å². The molecule has 2 atom stereocenters. The topological polar surface area (TPSA) is 40.5 Å². The van der Waals surface area contributed by atoms with Crippen molar-refractivity contribution in [3.8, 4) is 0 Å². The first-order valence-corrected chi connectivity index (χ1v) is 11.0. The standard InChI is InChI=1S/C24H21NO2Se/c26-23(19-12-6-2-7-13-19)21-16-22(28-20-14-8-3-9-15-20)24(27)25(21)17-18-10-4-1-5-11-18/h1-16,21,23,26H,17H2/t21-,23-/m1/s1. The average Bonchev–Trinajstić information content (AvgIpc) is 3.05. The number of carbonyl (C=O) groups is 1. The minimum atomic E-state index is -0.752. The van der Waals surface area contributed by atoms with E-state index in [1.54, 1.807) is 4.90 Å². The van der Waals surface area contributed by atoms with Crippen LogP contribution < -0.4 is 4.46 Å². The number of hydrogen-bond donors (Lipinski definition) is 1. The molecule has 0 spiro atoms. The minimum absolute atomic E-state index is 0.0210. The SMILES string of the molecule is O=C1C([Se]c2ccccc2)=C[C@H]([C@H](O)c2ccccc2)N1Cc1ccccc1. The van der Waals surface area contributed by atoms with Crippen LogP contribution in [0.2, 0.25) is 0 Å². The molecule has 0 fully saturated rings. The molecule has 1 aliphatic rings. The average molecular weight is 434 g/mol. The van der Waals surface area contributed by atoms with E-state index in [0.29, 0.717) is 6.54 Å². The molecule has 0 bridgehead atoms. The fourth-order valence-electron chi connectivity index (χ4n) is 3.35. The first-order valence-electron chi connectivity index (χ1n) is 9.25. The second kappa shape index (κ2) is 8.57. The van der Waals surface area contributed by atoms with Crippen LogP contribution in [-0.4, -0.2) is 36.9 Å². The molecule has 0 saturated carbocycles. The Labute approximate surface area is 171 Å². The molecule has 4 rings (SSSR count).